The Morgan fingerprint density at radius 1 is 1.21 bits per heavy atom. The number of nitrogens with zero attached hydrogens (tertiary/aromatic N) is 2. The van der Waals surface area contributed by atoms with Crippen LogP contribution in [0.25, 0.3) is 0 Å². The summed E-state index contributed by atoms with van der Waals surface area (Å²) < 4.78 is 17.8. The lowest BCUT2D eigenvalue weighted by Crippen LogP contribution is -2.63. The van der Waals surface area contributed by atoms with Gasteiger partial charge in [0.2, 0.25) is 0 Å². The number of unbranched alkanes of at least 4 members (excludes halogenated alkanes) is 2. The largest absolute Gasteiger partial charge is 0.436 e. The third kappa shape index (κ3) is 3.90. The van der Waals surface area contributed by atoms with Gasteiger partial charge in [0, 0.05) is 26.2 Å². The van der Waals surface area contributed by atoms with Gasteiger partial charge in [0.1, 0.15) is 0 Å². The van der Waals surface area contributed by atoms with E-state index < -0.39 is 11.9 Å². The Hall–Kier alpha value is -1.89. The molecule has 6 nitrogen and oxygen atoms in total. The third-order valence-corrected chi connectivity index (χ3v) is 8.32. The number of carbonyl (C=O) groups excluding carboxylic acids is 1. The van der Waals surface area contributed by atoms with Crippen molar-refractivity contribution >= 4 is 6.09 Å². The van der Waals surface area contributed by atoms with E-state index in [4.69, 9.17) is 14.2 Å². The molecule has 0 aromatic heterocycles. The molecule has 6 heteroatoms. The third-order valence-electron chi connectivity index (χ3n) is 8.32. The average Bonchev–Trinajstić information content (AvgIpc) is 3.31. The molecule has 3 fully saturated rings. The molecule has 0 bridgehead atoms. The molecule has 5 atom stereocenters. The zero-order valence-electron chi connectivity index (χ0n) is 20.3. The predicted octanol–water partition coefficient (Wildman–Crippen LogP) is 4.69. The Morgan fingerprint density at radius 3 is 2.64 bits per heavy atom. The van der Waals surface area contributed by atoms with Crippen LogP contribution in [0, 0.1) is 11.3 Å². The lowest BCUT2D eigenvalue weighted by atomic mass is 9.55. The number of likely N-dealkylation sites (tertiary alicyclic amines) is 1. The van der Waals surface area contributed by atoms with Gasteiger partial charge in [-0.3, -0.25) is 4.90 Å². The molecule has 4 aliphatic rings. The average molecular weight is 457 g/mol. The van der Waals surface area contributed by atoms with Crippen LogP contribution in [-0.4, -0.2) is 73.7 Å². The molecule has 0 radical (unpaired) electrons. The van der Waals surface area contributed by atoms with Gasteiger partial charge in [-0.1, -0.05) is 18.2 Å². The van der Waals surface area contributed by atoms with Gasteiger partial charge in [-0.25, -0.2) is 4.79 Å². The molecule has 0 saturated carbocycles. The highest BCUT2D eigenvalue weighted by molar-refractivity contribution is 5.75. The molecule has 1 aliphatic carbocycles. The smallest absolute Gasteiger partial charge is 0.411 e. The summed E-state index contributed by atoms with van der Waals surface area (Å²) in [7, 11) is 3.38. The van der Waals surface area contributed by atoms with Crippen molar-refractivity contribution in [2.24, 2.45) is 11.3 Å². The molecule has 3 saturated heterocycles. The topological polar surface area (TPSA) is 51.2 Å². The van der Waals surface area contributed by atoms with Crippen LogP contribution in [0.2, 0.25) is 0 Å². The van der Waals surface area contributed by atoms with E-state index in [2.05, 4.69) is 30.7 Å². The van der Waals surface area contributed by atoms with Crippen molar-refractivity contribution in [1.82, 2.24) is 9.80 Å². The molecule has 0 aromatic carbocycles. The van der Waals surface area contributed by atoms with E-state index in [-0.39, 0.29) is 29.5 Å². The Bertz CT molecular complexity index is 806. The van der Waals surface area contributed by atoms with Gasteiger partial charge in [-0.15, -0.1) is 19.7 Å². The van der Waals surface area contributed by atoms with Crippen LogP contribution < -0.4 is 0 Å². The SMILES string of the molecule is C=CCCCCN1CC[C@H]2C(C(OC)OC)=C[C@]3(CCC=C)OC(=O)N4[C@@H]3[C@@]2(C[C@@H]4C=C)C1. The number of allylic oxidation sites excluding steroid dienone is 2. The van der Waals surface area contributed by atoms with Gasteiger partial charge in [0.15, 0.2) is 11.9 Å². The molecule has 4 rings (SSSR count). The fourth-order valence-corrected chi connectivity index (χ4v) is 7.18. The monoisotopic (exact) mass is 456 g/mol. The van der Waals surface area contributed by atoms with Crippen LogP contribution >= 0.6 is 0 Å². The lowest BCUT2D eigenvalue weighted by Gasteiger charge is -2.56. The van der Waals surface area contributed by atoms with Gasteiger partial charge in [-0.05, 0) is 75.6 Å². The predicted molar refractivity (Wildman–Crippen MR) is 130 cm³/mol. The molecular formula is C27H40N2O4. The summed E-state index contributed by atoms with van der Waals surface area (Å²) in [6.07, 6.45) is 14.1. The van der Waals surface area contributed by atoms with Crippen LogP contribution in [-0.2, 0) is 14.2 Å². The Kier molecular flexibility index (Phi) is 7.18. The second-order valence-corrected chi connectivity index (χ2v) is 10.0. The van der Waals surface area contributed by atoms with Gasteiger partial charge in [0.25, 0.3) is 0 Å². The van der Waals surface area contributed by atoms with Gasteiger partial charge in [0.05, 0.1) is 12.1 Å². The van der Waals surface area contributed by atoms with E-state index in [1.807, 2.05) is 23.1 Å². The van der Waals surface area contributed by atoms with Crippen LogP contribution in [0.1, 0.15) is 44.9 Å². The molecule has 3 heterocycles. The number of ether oxygens (including phenoxy) is 3. The maximum Gasteiger partial charge on any atom is 0.411 e. The summed E-state index contributed by atoms with van der Waals surface area (Å²) in [4.78, 5) is 17.9. The summed E-state index contributed by atoms with van der Waals surface area (Å²) in [6, 6.07) is -0.0350. The van der Waals surface area contributed by atoms with Crippen LogP contribution in [0.3, 0.4) is 0 Å². The number of hydrogen-bond acceptors (Lipinski definition) is 5. The molecule has 182 valence electrons. The highest BCUT2D eigenvalue weighted by Crippen LogP contribution is 2.63. The highest BCUT2D eigenvalue weighted by Gasteiger charge is 2.72. The zero-order valence-corrected chi connectivity index (χ0v) is 20.3. The van der Waals surface area contributed by atoms with Crippen molar-refractivity contribution in [3.05, 3.63) is 49.6 Å². The van der Waals surface area contributed by atoms with Crippen molar-refractivity contribution in [2.45, 2.75) is 68.9 Å². The number of carbonyl (C=O) groups is 1. The van der Waals surface area contributed by atoms with Crippen molar-refractivity contribution in [2.75, 3.05) is 33.9 Å². The molecule has 3 aliphatic heterocycles. The van der Waals surface area contributed by atoms with Gasteiger partial charge >= 0.3 is 6.09 Å². The standard InChI is InChI=1S/C27H40N2O4/c1-6-9-11-12-15-28-16-13-22-21(23(31-4)32-5)18-27(14-10-7-2)24-26(22,19-28)17-20(8-3)29(24)25(30)33-27/h6-8,18,20,22-24H,1-3,9-17,19H2,4-5H3/t20-,22-,24+,26-,27-/m0/s1. The normalized spacial score (nSPS) is 35.1. The highest BCUT2D eigenvalue weighted by atomic mass is 16.7. The second-order valence-electron chi connectivity index (χ2n) is 10.0. The van der Waals surface area contributed by atoms with E-state index in [9.17, 15) is 4.79 Å². The molecule has 0 unspecified atom stereocenters. The fraction of sp³-hybridized carbons (Fsp3) is 0.667. The summed E-state index contributed by atoms with van der Waals surface area (Å²) >= 11 is 0. The minimum atomic E-state index is -0.698. The number of piperidine rings is 1. The molecule has 33 heavy (non-hydrogen) atoms. The summed E-state index contributed by atoms with van der Waals surface area (Å²) in [5, 5.41) is 0. The van der Waals surface area contributed by atoms with E-state index in [1.165, 1.54) is 0 Å². The fourth-order valence-electron chi connectivity index (χ4n) is 7.18. The maximum absolute atomic E-state index is 13.3. The van der Waals surface area contributed by atoms with E-state index in [0.29, 0.717) is 6.42 Å². The zero-order chi connectivity index (χ0) is 23.6. The second kappa shape index (κ2) is 9.77. The minimum absolute atomic E-state index is 0.0143. The summed E-state index contributed by atoms with van der Waals surface area (Å²) in [5.74, 6) is 0.274. The van der Waals surface area contributed by atoms with Crippen LogP contribution in [0.5, 0.6) is 0 Å². The molecule has 0 N–H and O–H groups in total. The first-order valence-electron chi connectivity index (χ1n) is 12.4. The Balaban J connectivity index is 1.77. The van der Waals surface area contributed by atoms with Crippen LogP contribution in [0.4, 0.5) is 4.79 Å². The summed E-state index contributed by atoms with van der Waals surface area (Å²) in [6.45, 7) is 14.9. The summed E-state index contributed by atoms with van der Waals surface area (Å²) in [5.41, 5.74) is 0.309. The Morgan fingerprint density at radius 2 is 1.97 bits per heavy atom. The van der Waals surface area contributed by atoms with E-state index >= 15 is 0 Å². The molecule has 1 spiro atoms. The van der Waals surface area contributed by atoms with Gasteiger partial charge < -0.3 is 19.1 Å². The van der Waals surface area contributed by atoms with Crippen molar-refractivity contribution in [1.29, 1.82) is 0 Å². The Labute approximate surface area is 198 Å². The van der Waals surface area contributed by atoms with E-state index in [0.717, 1.165) is 63.7 Å². The minimum Gasteiger partial charge on any atom is -0.436 e. The quantitative estimate of drug-likeness (QED) is 0.242. The lowest BCUT2D eigenvalue weighted by molar-refractivity contribution is -0.110. The van der Waals surface area contributed by atoms with E-state index in [1.54, 1.807) is 14.2 Å². The van der Waals surface area contributed by atoms with Crippen molar-refractivity contribution < 1.29 is 19.0 Å². The number of hydrogen-bond donors (Lipinski definition) is 0. The van der Waals surface area contributed by atoms with Crippen molar-refractivity contribution in [3.63, 3.8) is 0 Å². The van der Waals surface area contributed by atoms with Crippen molar-refractivity contribution in [3.8, 4) is 0 Å². The van der Waals surface area contributed by atoms with Crippen LogP contribution in [0.15, 0.2) is 49.6 Å². The first-order valence-corrected chi connectivity index (χ1v) is 12.4. The molecular weight excluding hydrogens is 416 g/mol. The number of methoxy groups -OCH3 is 2. The number of amides is 1. The first kappa shape index (κ1) is 24.2. The first-order chi connectivity index (χ1) is 16.0. The maximum atomic E-state index is 13.3. The molecule has 0 aromatic rings. The molecule has 1 amide bonds. The van der Waals surface area contributed by atoms with Gasteiger partial charge in [-0.2, -0.15) is 0 Å². The number of rotatable bonds is 12.